The third kappa shape index (κ3) is 3.37. The van der Waals surface area contributed by atoms with E-state index in [1.807, 2.05) is 19.9 Å². The average molecular weight is 275 g/mol. The maximum Gasteiger partial charge on any atom is 0.358 e. The number of carboxylic acids is 1. The van der Waals surface area contributed by atoms with Gasteiger partial charge in [-0.05, 0) is 31.5 Å². The second kappa shape index (κ2) is 5.47. The van der Waals surface area contributed by atoms with Crippen molar-refractivity contribution in [1.82, 2.24) is 20.0 Å². The predicted octanol–water partition coefficient (Wildman–Crippen LogP) is 0.627. The molecule has 2 aromatic rings. The summed E-state index contributed by atoms with van der Waals surface area (Å²) in [5.74, 6) is -1.09. The molecule has 104 valence electrons. The summed E-state index contributed by atoms with van der Waals surface area (Å²) in [6.07, 6.45) is 1.19. The highest BCUT2D eigenvalue weighted by Gasteiger charge is 2.11. The Labute approximate surface area is 114 Å². The number of rotatable bonds is 4. The number of carbonyl (C=O) groups is 2. The second-order valence-electron chi connectivity index (χ2n) is 4.33. The van der Waals surface area contributed by atoms with E-state index in [4.69, 9.17) is 5.11 Å². The van der Waals surface area contributed by atoms with Crippen molar-refractivity contribution < 1.29 is 14.7 Å². The summed E-state index contributed by atoms with van der Waals surface area (Å²) in [7, 11) is 0. The Balaban J connectivity index is 2.03. The molecule has 0 aliphatic heterocycles. The first-order valence-corrected chi connectivity index (χ1v) is 5.82. The third-order valence-electron chi connectivity index (χ3n) is 2.43. The number of aryl methyl sites for hydroxylation is 2. The van der Waals surface area contributed by atoms with E-state index in [-0.39, 0.29) is 18.1 Å². The molecular formula is C12H13N5O3. The van der Waals surface area contributed by atoms with Gasteiger partial charge in [0.25, 0.3) is 0 Å². The van der Waals surface area contributed by atoms with Gasteiger partial charge in [-0.25, -0.2) is 14.5 Å². The first-order valence-electron chi connectivity index (χ1n) is 5.82. The van der Waals surface area contributed by atoms with Gasteiger partial charge in [0.05, 0.1) is 6.20 Å². The number of aromatic nitrogens is 4. The van der Waals surface area contributed by atoms with Gasteiger partial charge in [-0.15, -0.1) is 5.10 Å². The van der Waals surface area contributed by atoms with E-state index in [2.05, 4.69) is 20.6 Å². The van der Waals surface area contributed by atoms with Crippen LogP contribution in [0.1, 0.15) is 21.7 Å². The minimum Gasteiger partial charge on any atom is -0.476 e. The maximum absolute atomic E-state index is 11.8. The highest BCUT2D eigenvalue weighted by Crippen LogP contribution is 2.09. The van der Waals surface area contributed by atoms with Crippen LogP contribution >= 0.6 is 0 Å². The Morgan fingerprint density at radius 1 is 1.35 bits per heavy atom. The molecule has 0 radical (unpaired) electrons. The van der Waals surface area contributed by atoms with E-state index in [1.54, 1.807) is 6.07 Å². The van der Waals surface area contributed by atoms with E-state index in [9.17, 15) is 9.59 Å². The van der Waals surface area contributed by atoms with Gasteiger partial charge < -0.3 is 10.4 Å². The second-order valence-corrected chi connectivity index (χ2v) is 4.33. The largest absolute Gasteiger partial charge is 0.476 e. The Bertz CT molecular complexity index is 645. The van der Waals surface area contributed by atoms with Gasteiger partial charge in [0.2, 0.25) is 5.91 Å². The van der Waals surface area contributed by atoms with Crippen molar-refractivity contribution in [1.29, 1.82) is 0 Å². The molecule has 0 aromatic carbocycles. The van der Waals surface area contributed by atoms with Crippen molar-refractivity contribution in [3.05, 3.63) is 35.3 Å². The molecule has 0 aliphatic carbocycles. The summed E-state index contributed by atoms with van der Waals surface area (Å²) in [6.45, 7) is 3.61. The number of nitrogens with zero attached hydrogens (tertiary/aromatic N) is 4. The maximum atomic E-state index is 11.8. The number of hydrogen-bond acceptors (Lipinski definition) is 5. The zero-order valence-electron chi connectivity index (χ0n) is 11.0. The molecule has 2 heterocycles. The summed E-state index contributed by atoms with van der Waals surface area (Å²) in [4.78, 5) is 26.6. The van der Waals surface area contributed by atoms with E-state index in [0.29, 0.717) is 5.82 Å². The SMILES string of the molecule is Cc1cc(C)nc(NC(=O)Cn2cc(C(=O)O)nn2)c1. The van der Waals surface area contributed by atoms with E-state index < -0.39 is 5.97 Å². The van der Waals surface area contributed by atoms with E-state index >= 15 is 0 Å². The molecule has 2 N–H and O–H groups in total. The van der Waals surface area contributed by atoms with Gasteiger partial charge >= 0.3 is 5.97 Å². The number of carboxylic acid groups (broad SMARTS) is 1. The zero-order chi connectivity index (χ0) is 14.7. The van der Waals surface area contributed by atoms with Crippen LogP contribution in [-0.2, 0) is 11.3 Å². The summed E-state index contributed by atoms with van der Waals surface area (Å²) < 4.78 is 1.15. The lowest BCUT2D eigenvalue weighted by Gasteiger charge is -2.06. The van der Waals surface area contributed by atoms with Crippen molar-refractivity contribution >= 4 is 17.7 Å². The molecule has 0 bridgehead atoms. The van der Waals surface area contributed by atoms with Crippen molar-refractivity contribution in [3.63, 3.8) is 0 Å². The number of nitrogens with one attached hydrogen (secondary N) is 1. The van der Waals surface area contributed by atoms with Gasteiger partial charge in [-0.2, -0.15) is 0 Å². The van der Waals surface area contributed by atoms with Crippen LogP contribution in [0.25, 0.3) is 0 Å². The van der Waals surface area contributed by atoms with E-state index in [0.717, 1.165) is 15.9 Å². The van der Waals surface area contributed by atoms with Gasteiger partial charge in [0.15, 0.2) is 5.69 Å². The average Bonchev–Trinajstić information content (AvgIpc) is 2.75. The minimum atomic E-state index is -1.19. The molecule has 2 aromatic heterocycles. The smallest absolute Gasteiger partial charge is 0.358 e. The highest BCUT2D eigenvalue weighted by molar-refractivity contribution is 5.90. The lowest BCUT2D eigenvalue weighted by atomic mass is 10.2. The molecular weight excluding hydrogens is 262 g/mol. The molecule has 0 aliphatic rings. The number of anilines is 1. The fourth-order valence-corrected chi connectivity index (χ4v) is 1.71. The standard InChI is InChI=1S/C12H13N5O3/c1-7-3-8(2)13-10(4-7)14-11(18)6-17-5-9(12(19)20)15-16-17/h3-5H,6H2,1-2H3,(H,19,20)(H,13,14,18). The van der Waals surface area contributed by atoms with Crippen molar-refractivity contribution in [2.45, 2.75) is 20.4 Å². The number of pyridine rings is 1. The van der Waals surface area contributed by atoms with Crippen LogP contribution in [0, 0.1) is 13.8 Å². The number of aromatic carboxylic acids is 1. The highest BCUT2D eigenvalue weighted by atomic mass is 16.4. The quantitative estimate of drug-likeness (QED) is 0.846. The molecule has 8 heteroatoms. The molecule has 8 nitrogen and oxygen atoms in total. The fourth-order valence-electron chi connectivity index (χ4n) is 1.71. The molecule has 0 saturated heterocycles. The van der Waals surface area contributed by atoms with Crippen LogP contribution in [0.4, 0.5) is 5.82 Å². The molecule has 0 atom stereocenters. The van der Waals surface area contributed by atoms with Crippen LogP contribution < -0.4 is 5.32 Å². The number of carbonyl (C=O) groups excluding carboxylic acids is 1. The molecule has 0 saturated carbocycles. The van der Waals surface area contributed by atoms with Crippen LogP contribution in [0.3, 0.4) is 0 Å². The summed E-state index contributed by atoms with van der Waals surface area (Å²) in [5, 5.41) is 18.3. The van der Waals surface area contributed by atoms with Crippen LogP contribution in [-0.4, -0.2) is 37.0 Å². The molecule has 0 unspecified atom stereocenters. The predicted molar refractivity (Wildman–Crippen MR) is 69.3 cm³/mol. The van der Waals surface area contributed by atoms with Gasteiger partial charge in [-0.1, -0.05) is 5.21 Å². The summed E-state index contributed by atoms with van der Waals surface area (Å²) in [6, 6.07) is 3.64. The monoisotopic (exact) mass is 275 g/mol. The molecule has 0 fully saturated rings. The number of hydrogen-bond donors (Lipinski definition) is 2. The molecule has 20 heavy (non-hydrogen) atoms. The Kier molecular flexibility index (Phi) is 3.74. The van der Waals surface area contributed by atoms with Crippen molar-refractivity contribution in [2.75, 3.05) is 5.32 Å². The topological polar surface area (TPSA) is 110 Å². The Hall–Kier alpha value is -2.77. The lowest BCUT2D eigenvalue weighted by molar-refractivity contribution is -0.117. The summed E-state index contributed by atoms with van der Waals surface area (Å²) >= 11 is 0. The summed E-state index contributed by atoms with van der Waals surface area (Å²) in [5.41, 5.74) is 1.58. The lowest BCUT2D eigenvalue weighted by Crippen LogP contribution is -2.20. The van der Waals surface area contributed by atoms with Gasteiger partial charge in [0.1, 0.15) is 12.4 Å². The Morgan fingerprint density at radius 2 is 2.10 bits per heavy atom. The third-order valence-corrected chi connectivity index (χ3v) is 2.43. The Morgan fingerprint density at radius 3 is 2.70 bits per heavy atom. The minimum absolute atomic E-state index is 0.130. The van der Waals surface area contributed by atoms with Crippen LogP contribution in [0.15, 0.2) is 18.3 Å². The van der Waals surface area contributed by atoms with Crippen molar-refractivity contribution in [2.24, 2.45) is 0 Å². The normalized spacial score (nSPS) is 10.3. The van der Waals surface area contributed by atoms with Crippen LogP contribution in [0.2, 0.25) is 0 Å². The van der Waals surface area contributed by atoms with Crippen LogP contribution in [0.5, 0.6) is 0 Å². The molecule has 0 spiro atoms. The zero-order valence-corrected chi connectivity index (χ0v) is 11.0. The first-order chi connectivity index (χ1) is 9.44. The first kappa shape index (κ1) is 13.7. The molecule has 1 amide bonds. The number of amides is 1. The molecule has 2 rings (SSSR count). The fraction of sp³-hybridized carbons (Fsp3) is 0.250. The van der Waals surface area contributed by atoms with Crippen molar-refractivity contribution in [3.8, 4) is 0 Å². The van der Waals surface area contributed by atoms with E-state index in [1.165, 1.54) is 6.20 Å². The van der Waals surface area contributed by atoms with Gasteiger partial charge in [0, 0.05) is 5.69 Å². The van der Waals surface area contributed by atoms with Gasteiger partial charge in [-0.3, -0.25) is 4.79 Å².